The number of carbonyl (C=O) groups excluding carboxylic acids is 1. The van der Waals surface area contributed by atoms with Crippen molar-refractivity contribution in [3.05, 3.63) is 58.9 Å². The van der Waals surface area contributed by atoms with E-state index in [1.807, 2.05) is 18.2 Å². The minimum atomic E-state index is -0.241. The molecule has 3 N–H and O–H groups in total. The zero-order chi connectivity index (χ0) is 13.0. The second kappa shape index (κ2) is 5.51. The monoisotopic (exact) mass is 261 g/mol. The summed E-state index contributed by atoms with van der Waals surface area (Å²) in [5.74, 6) is -0.241. The number of hydrogen-bond donors (Lipinski definition) is 2. The lowest BCUT2D eigenvalue weighted by atomic mass is 10.1. The summed E-state index contributed by atoms with van der Waals surface area (Å²) in [6, 6.07) is 10.3. The number of hydrogen-bond acceptors (Lipinski definition) is 3. The van der Waals surface area contributed by atoms with Gasteiger partial charge in [0.1, 0.15) is 0 Å². The van der Waals surface area contributed by atoms with Crippen LogP contribution in [0.3, 0.4) is 0 Å². The molecule has 1 aromatic carbocycles. The second-order valence-electron chi connectivity index (χ2n) is 3.74. The van der Waals surface area contributed by atoms with Crippen molar-refractivity contribution < 1.29 is 4.79 Å². The topological polar surface area (TPSA) is 68.0 Å². The minimum Gasteiger partial charge on any atom is -0.398 e. The summed E-state index contributed by atoms with van der Waals surface area (Å²) in [6.45, 7) is 0.363. The number of rotatable bonds is 3. The maximum absolute atomic E-state index is 11.9. The molecule has 2 aromatic rings. The van der Waals surface area contributed by atoms with Gasteiger partial charge in [-0.1, -0.05) is 17.7 Å². The summed E-state index contributed by atoms with van der Waals surface area (Å²) in [5.41, 5.74) is 7.29. The van der Waals surface area contributed by atoms with Crippen molar-refractivity contribution in [1.82, 2.24) is 10.3 Å². The van der Waals surface area contributed by atoms with Crippen LogP contribution >= 0.6 is 11.6 Å². The molecule has 4 nitrogen and oxygen atoms in total. The van der Waals surface area contributed by atoms with Gasteiger partial charge in [0.2, 0.25) is 0 Å². The lowest BCUT2D eigenvalue weighted by molar-refractivity contribution is 0.0951. The van der Waals surface area contributed by atoms with Crippen molar-refractivity contribution in [1.29, 1.82) is 0 Å². The predicted molar refractivity (Wildman–Crippen MR) is 71.3 cm³/mol. The molecule has 0 bridgehead atoms. The summed E-state index contributed by atoms with van der Waals surface area (Å²) >= 11 is 5.77. The molecule has 0 saturated carbocycles. The third kappa shape index (κ3) is 2.99. The molecule has 92 valence electrons. The van der Waals surface area contributed by atoms with Gasteiger partial charge < -0.3 is 11.1 Å². The normalized spacial score (nSPS) is 10.1. The van der Waals surface area contributed by atoms with Crippen molar-refractivity contribution in [2.24, 2.45) is 0 Å². The number of nitrogen functional groups attached to an aromatic ring is 1. The number of pyridine rings is 1. The van der Waals surface area contributed by atoms with Crippen LogP contribution in [0.1, 0.15) is 16.1 Å². The number of halogens is 1. The van der Waals surface area contributed by atoms with Crippen LogP contribution in [0, 0.1) is 0 Å². The van der Waals surface area contributed by atoms with Crippen LogP contribution in [0.25, 0.3) is 0 Å². The summed E-state index contributed by atoms with van der Waals surface area (Å²) in [7, 11) is 0. The van der Waals surface area contributed by atoms with Gasteiger partial charge in [-0.25, -0.2) is 0 Å². The van der Waals surface area contributed by atoms with Gasteiger partial charge in [0.05, 0.1) is 17.8 Å². The van der Waals surface area contributed by atoms with Gasteiger partial charge in [-0.2, -0.15) is 0 Å². The van der Waals surface area contributed by atoms with Gasteiger partial charge in [-0.05, 0) is 30.3 Å². The molecule has 0 aliphatic heterocycles. The SMILES string of the molecule is Nc1cc(Cl)ccc1C(=O)NCc1ccccn1. The number of aromatic nitrogens is 1. The molecule has 0 atom stereocenters. The number of nitrogens with one attached hydrogen (secondary N) is 1. The van der Waals surface area contributed by atoms with E-state index in [4.69, 9.17) is 17.3 Å². The fourth-order valence-electron chi connectivity index (χ4n) is 1.51. The van der Waals surface area contributed by atoms with Crippen LogP contribution in [0.5, 0.6) is 0 Å². The maximum Gasteiger partial charge on any atom is 0.253 e. The van der Waals surface area contributed by atoms with E-state index in [1.54, 1.807) is 24.4 Å². The van der Waals surface area contributed by atoms with Crippen molar-refractivity contribution >= 4 is 23.2 Å². The van der Waals surface area contributed by atoms with Crippen molar-refractivity contribution in [3.63, 3.8) is 0 Å². The molecule has 2 rings (SSSR count). The van der Waals surface area contributed by atoms with Gasteiger partial charge in [0, 0.05) is 16.9 Å². The Morgan fingerprint density at radius 1 is 1.33 bits per heavy atom. The Balaban J connectivity index is 2.04. The van der Waals surface area contributed by atoms with E-state index in [9.17, 15) is 4.79 Å². The third-order valence-electron chi connectivity index (χ3n) is 2.41. The van der Waals surface area contributed by atoms with Crippen LogP contribution in [0.15, 0.2) is 42.6 Å². The average molecular weight is 262 g/mol. The van der Waals surface area contributed by atoms with E-state index in [2.05, 4.69) is 10.3 Å². The maximum atomic E-state index is 11.9. The molecule has 1 aromatic heterocycles. The summed E-state index contributed by atoms with van der Waals surface area (Å²) < 4.78 is 0. The molecule has 5 heteroatoms. The molecule has 18 heavy (non-hydrogen) atoms. The highest BCUT2D eigenvalue weighted by Gasteiger charge is 2.09. The van der Waals surface area contributed by atoms with E-state index >= 15 is 0 Å². The second-order valence-corrected chi connectivity index (χ2v) is 4.17. The number of nitrogens with zero attached hydrogens (tertiary/aromatic N) is 1. The molecule has 0 fully saturated rings. The fourth-order valence-corrected chi connectivity index (χ4v) is 1.69. The van der Waals surface area contributed by atoms with Gasteiger partial charge in [-0.3, -0.25) is 9.78 Å². The highest BCUT2D eigenvalue weighted by molar-refractivity contribution is 6.31. The minimum absolute atomic E-state index is 0.241. The molecule has 0 saturated heterocycles. The standard InChI is InChI=1S/C13H12ClN3O/c14-9-4-5-11(12(15)7-9)13(18)17-8-10-3-1-2-6-16-10/h1-7H,8,15H2,(H,17,18). The first-order chi connectivity index (χ1) is 8.66. The molecule has 0 spiro atoms. The third-order valence-corrected chi connectivity index (χ3v) is 2.65. The fraction of sp³-hybridized carbons (Fsp3) is 0.0769. The number of nitrogens with two attached hydrogens (primary N) is 1. The quantitative estimate of drug-likeness (QED) is 0.833. The van der Waals surface area contributed by atoms with E-state index in [0.29, 0.717) is 22.8 Å². The van der Waals surface area contributed by atoms with Crippen LogP contribution in [-0.4, -0.2) is 10.9 Å². The summed E-state index contributed by atoms with van der Waals surface area (Å²) in [6.07, 6.45) is 1.68. The van der Waals surface area contributed by atoms with Gasteiger partial charge >= 0.3 is 0 Å². The lowest BCUT2D eigenvalue weighted by Crippen LogP contribution is -2.24. The number of carbonyl (C=O) groups is 1. The first-order valence-electron chi connectivity index (χ1n) is 5.40. The lowest BCUT2D eigenvalue weighted by Gasteiger charge is -2.07. The number of anilines is 1. The van der Waals surface area contributed by atoms with Gasteiger partial charge in [0.25, 0.3) is 5.91 Å². The average Bonchev–Trinajstić information content (AvgIpc) is 2.37. The molecular weight excluding hydrogens is 250 g/mol. The van der Waals surface area contributed by atoms with Crippen molar-refractivity contribution in [2.75, 3.05) is 5.73 Å². The number of amides is 1. The Labute approximate surface area is 110 Å². The number of benzene rings is 1. The Morgan fingerprint density at radius 2 is 2.17 bits per heavy atom. The van der Waals surface area contributed by atoms with Crippen molar-refractivity contribution in [2.45, 2.75) is 6.54 Å². The predicted octanol–water partition coefficient (Wildman–Crippen LogP) is 2.25. The van der Waals surface area contributed by atoms with E-state index in [-0.39, 0.29) is 5.91 Å². The molecule has 0 unspecified atom stereocenters. The van der Waals surface area contributed by atoms with Crippen LogP contribution in [0.4, 0.5) is 5.69 Å². The summed E-state index contributed by atoms with van der Waals surface area (Å²) in [4.78, 5) is 16.0. The zero-order valence-electron chi connectivity index (χ0n) is 9.56. The Kier molecular flexibility index (Phi) is 3.79. The first kappa shape index (κ1) is 12.4. The van der Waals surface area contributed by atoms with Gasteiger partial charge in [0.15, 0.2) is 0 Å². The van der Waals surface area contributed by atoms with E-state index in [0.717, 1.165) is 5.69 Å². The largest absolute Gasteiger partial charge is 0.398 e. The molecule has 0 radical (unpaired) electrons. The van der Waals surface area contributed by atoms with Crippen LogP contribution < -0.4 is 11.1 Å². The zero-order valence-corrected chi connectivity index (χ0v) is 10.3. The van der Waals surface area contributed by atoms with E-state index in [1.165, 1.54) is 0 Å². The molecule has 1 amide bonds. The van der Waals surface area contributed by atoms with E-state index < -0.39 is 0 Å². The molecule has 1 heterocycles. The Hall–Kier alpha value is -2.07. The smallest absolute Gasteiger partial charge is 0.253 e. The molecule has 0 aliphatic rings. The molecule has 0 aliphatic carbocycles. The van der Waals surface area contributed by atoms with Crippen molar-refractivity contribution in [3.8, 4) is 0 Å². The first-order valence-corrected chi connectivity index (χ1v) is 5.78. The Morgan fingerprint density at radius 3 is 2.83 bits per heavy atom. The van der Waals surface area contributed by atoms with Crippen LogP contribution in [0.2, 0.25) is 5.02 Å². The van der Waals surface area contributed by atoms with Crippen LogP contribution in [-0.2, 0) is 6.54 Å². The summed E-state index contributed by atoms with van der Waals surface area (Å²) in [5, 5.41) is 3.26. The highest BCUT2D eigenvalue weighted by Crippen LogP contribution is 2.17. The van der Waals surface area contributed by atoms with Gasteiger partial charge in [-0.15, -0.1) is 0 Å². The molecular formula is C13H12ClN3O. The highest BCUT2D eigenvalue weighted by atomic mass is 35.5. The Bertz CT molecular complexity index is 557.